The molecule has 0 aromatic heterocycles. The summed E-state index contributed by atoms with van der Waals surface area (Å²) in [6.07, 6.45) is 0.729. The minimum atomic E-state index is -0.897. The molecule has 2 aromatic carbocycles. The summed E-state index contributed by atoms with van der Waals surface area (Å²) in [5.41, 5.74) is 1.24. The maximum Gasteiger partial charge on any atom is 0.321 e. The van der Waals surface area contributed by atoms with Gasteiger partial charge in [-0.05, 0) is 53.1 Å². The zero-order chi connectivity index (χ0) is 23.8. The largest absolute Gasteiger partial charge is 0.480 e. The number of aliphatic carboxylic acids is 1. The van der Waals surface area contributed by atoms with Gasteiger partial charge in [0.2, 0.25) is 0 Å². The number of benzene rings is 2. The molecule has 1 aliphatic rings. The van der Waals surface area contributed by atoms with Crippen LogP contribution in [0.3, 0.4) is 0 Å². The average molecular weight is 480 g/mol. The van der Waals surface area contributed by atoms with E-state index in [1.807, 2.05) is 18.2 Å². The normalized spacial score (nSPS) is 24.3. The van der Waals surface area contributed by atoms with E-state index in [9.17, 15) is 9.90 Å². The SMILES string of the molecule is CC(C)CN1C(CC(C)(C)C)C(c2ccc(Cl)cc2F)C(c2cccc(Cl)c2)C1C(=O)O. The minimum absolute atomic E-state index is 0.0761. The molecule has 1 N–H and O–H groups in total. The Labute approximate surface area is 200 Å². The molecular weight excluding hydrogens is 448 g/mol. The molecule has 1 saturated heterocycles. The summed E-state index contributed by atoms with van der Waals surface area (Å²) in [6.45, 7) is 11.2. The van der Waals surface area contributed by atoms with Crippen molar-refractivity contribution in [1.82, 2.24) is 4.90 Å². The first-order valence-electron chi connectivity index (χ1n) is 11.1. The molecule has 0 amide bonds. The van der Waals surface area contributed by atoms with Crippen LogP contribution in [0.4, 0.5) is 4.39 Å². The van der Waals surface area contributed by atoms with Crippen molar-refractivity contribution >= 4 is 29.2 Å². The van der Waals surface area contributed by atoms with Crippen LogP contribution in [0.1, 0.15) is 64.0 Å². The molecule has 0 saturated carbocycles. The fourth-order valence-electron chi connectivity index (χ4n) is 5.17. The Kier molecular flexibility index (Phi) is 7.59. The van der Waals surface area contributed by atoms with Crippen molar-refractivity contribution in [2.75, 3.05) is 6.54 Å². The summed E-state index contributed by atoms with van der Waals surface area (Å²) in [6, 6.07) is 11.1. The number of hydrogen-bond acceptors (Lipinski definition) is 2. The predicted molar refractivity (Wildman–Crippen MR) is 129 cm³/mol. The molecule has 0 aliphatic carbocycles. The van der Waals surface area contributed by atoms with Gasteiger partial charge in [0, 0.05) is 34.5 Å². The molecule has 4 unspecified atom stereocenters. The third-order valence-electron chi connectivity index (χ3n) is 6.13. The monoisotopic (exact) mass is 479 g/mol. The summed E-state index contributed by atoms with van der Waals surface area (Å²) < 4.78 is 15.3. The van der Waals surface area contributed by atoms with Crippen LogP contribution in [0.15, 0.2) is 42.5 Å². The van der Waals surface area contributed by atoms with Gasteiger partial charge in [-0.25, -0.2) is 4.39 Å². The van der Waals surface area contributed by atoms with Gasteiger partial charge in [-0.1, -0.05) is 76.0 Å². The number of rotatable bonds is 6. The zero-order valence-electron chi connectivity index (χ0n) is 19.3. The van der Waals surface area contributed by atoms with Gasteiger partial charge in [0.1, 0.15) is 11.9 Å². The van der Waals surface area contributed by atoms with Crippen LogP contribution in [0.25, 0.3) is 0 Å². The highest BCUT2D eigenvalue weighted by Gasteiger charge is 2.54. The molecule has 1 fully saturated rings. The second-order valence-corrected chi connectivity index (χ2v) is 11.4. The Hall–Kier alpha value is -1.62. The molecule has 6 heteroatoms. The molecular formula is C26H32Cl2FNO2. The zero-order valence-corrected chi connectivity index (χ0v) is 20.8. The van der Waals surface area contributed by atoms with Gasteiger partial charge >= 0.3 is 5.97 Å². The van der Waals surface area contributed by atoms with E-state index < -0.39 is 23.7 Å². The Morgan fingerprint density at radius 2 is 1.75 bits per heavy atom. The number of carbonyl (C=O) groups is 1. The van der Waals surface area contributed by atoms with Crippen LogP contribution in [-0.4, -0.2) is 34.6 Å². The highest BCUT2D eigenvalue weighted by molar-refractivity contribution is 6.30. The predicted octanol–water partition coefficient (Wildman–Crippen LogP) is 7.23. The second-order valence-electron chi connectivity index (χ2n) is 10.5. The van der Waals surface area contributed by atoms with Crippen molar-refractivity contribution in [1.29, 1.82) is 0 Å². The molecule has 2 aromatic rings. The maximum absolute atomic E-state index is 15.3. The van der Waals surface area contributed by atoms with Gasteiger partial charge in [0.05, 0.1) is 0 Å². The molecule has 3 rings (SSSR count). The van der Waals surface area contributed by atoms with Gasteiger partial charge < -0.3 is 5.11 Å². The Bertz CT molecular complexity index is 973. The van der Waals surface area contributed by atoms with Crippen LogP contribution in [0.2, 0.25) is 10.0 Å². The van der Waals surface area contributed by atoms with Crippen LogP contribution in [0.5, 0.6) is 0 Å². The third kappa shape index (κ3) is 5.47. The highest BCUT2D eigenvalue weighted by atomic mass is 35.5. The Balaban J connectivity index is 2.28. The van der Waals surface area contributed by atoms with E-state index >= 15 is 4.39 Å². The highest BCUT2D eigenvalue weighted by Crippen LogP contribution is 2.52. The van der Waals surface area contributed by atoms with E-state index in [0.717, 1.165) is 12.0 Å². The summed E-state index contributed by atoms with van der Waals surface area (Å²) in [4.78, 5) is 14.8. The smallest absolute Gasteiger partial charge is 0.321 e. The summed E-state index contributed by atoms with van der Waals surface area (Å²) in [5, 5.41) is 11.3. The van der Waals surface area contributed by atoms with E-state index in [4.69, 9.17) is 23.2 Å². The summed E-state index contributed by atoms with van der Waals surface area (Å²) >= 11 is 12.4. The van der Waals surface area contributed by atoms with Crippen molar-refractivity contribution in [2.24, 2.45) is 11.3 Å². The number of hydrogen-bond donors (Lipinski definition) is 1. The standard InChI is InChI=1S/C26H32Cl2FNO2/c1-15(2)14-30-21(13-26(3,4)5)23(19-10-9-18(28)12-20(19)29)22(24(30)25(31)32)16-7-6-8-17(27)11-16/h6-12,15,21-24H,13-14H2,1-5H3,(H,31,32). The number of nitrogens with zero attached hydrogens (tertiary/aromatic N) is 1. The number of carboxylic acids is 1. The van der Waals surface area contributed by atoms with E-state index in [0.29, 0.717) is 22.2 Å². The van der Waals surface area contributed by atoms with Crippen molar-refractivity contribution < 1.29 is 14.3 Å². The molecule has 0 radical (unpaired) electrons. The second kappa shape index (κ2) is 9.70. The van der Waals surface area contributed by atoms with Crippen LogP contribution in [0, 0.1) is 17.2 Å². The van der Waals surface area contributed by atoms with Gasteiger partial charge in [-0.3, -0.25) is 9.69 Å². The van der Waals surface area contributed by atoms with Crippen LogP contribution >= 0.6 is 23.2 Å². The van der Waals surface area contributed by atoms with E-state index in [-0.39, 0.29) is 23.3 Å². The number of halogens is 3. The Morgan fingerprint density at radius 3 is 2.28 bits per heavy atom. The molecule has 0 bridgehead atoms. The maximum atomic E-state index is 15.3. The van der Waals surface area contributed by atoms with Crippen LogP contribution in [-0.2, 0) is 4.79 Å². The number of likely N-dealkylation sites (tertiary alicyclic amines) is 1. The molecule has 4 atom stereocenters. The first-order chi connectivity index (χ1) is 14.9. The molecule has 1 heterocycles. The molecule has 32 heavy (non-hydrogen) atoms. The first kappa shape index (κ1) is 25.0. The van der Waals surface area contributed by atoms with E-state index in [2.05, 4.69) is 39.5 Å². The lowest BCUT2D eigenvalue weighted by Gasteiger charge is -2.35. The molecule has 1 aliphatic heterocycles. The van der Waals surface area contributed by atoms with Gasteiger partial charge in [-0.2, -0.15) is 0 Å². The topological polar surface area (TPSA) is 40.5 Å². The quantitative estimate of drug-likeness (QED) is 0.474. The van der Waals surface area contributed by atoms with Gasteiger partial charge in [0.25, 0.3) is 0 Å². The van der Waals surface area contributed by atoms with Crippen LogP contribution < -0.4 is 0 Å². The lowest BCUT2D eigenvalue weighted by atomic mass is 9.74. The van der Waals surface area contributed by atoms with Crippen molar-refractivity contribution in [3.8, 4) is 0 Å². The fourth-order valence-corrected chi connectivity index (χ4v) is 5.53. The van der Waals surface area contributed by atoms with Crippen molar-refractivity contribution in [2.45, 2.75) is 65.0 Å². The summed E-state index contributed by atoms with van der Waals surface area (Å²) in [5.74, 6) is -1.85. The van der Waals surface area contributed by atoms with E-state index in [1.165, 1.54) is 6.07 Å². The minimum Gasteiger partial charge on any atom is -0.480 e. The lowest BCUT2D eigenvalue weighted by Crippen LogP contribution is -2.45. The Morgan fingerprint density at radius 1 is 1.09 bits per heavy atom. The van der Waals surface area contributed by atoms with E-state index in [1.54, 1.807) is 18.2 Å². The molecule has 174 valence electrons. The number of carboxylic acid groups (broad SMARTS) is 1. The molecule has 0 spiro atoms. The first-order valence-corrected chi connectivity index (χ1v) is 11.8. The average Bonchev–Trinajstić information content (AvgIpc) is 2.94. The van der Waals surface area contributed by atoms with Crippen molar-refractivity contribution in [3.05, 3.63) is 69.5 Å². The van der Waals surface area contributed by atoms with Gasteiger partial charge in [-0.15, -0.1) is 0 Å². The third-order valence-corrected chi connectivity index (χ3v) is 6.60. The fraction of sp³-hybridized carbons (Fsp3) is 0.500. The molecule has 3 nitrogen and oxygen atoms in total. The van der Waals surface area contributed by atoms with Gasteiger partial charge in [0.15, 0.2) is 0 Å². The summed E-state index contributed by atoms with van der Waals surface area (Å²) in [7, 11) is 0. The van der Waals surface area contributed by atoms with Crippen molar-refractivity contribution in [3.63, 3.8) is 0 Å². The lowest BCUT2D eigenvalue weighted by molar-refractivity contribution is -0.143.